The van der Waals surface area contributed by atoms with Crippen molar-refractivity contribution < 1.29 is 18.7 Å². The van der Waals surface area contributed by atoms with Gasteiger partial charge in [0.2, 0.25) is 11.8 Å². The molecular formula is C24H23FN2O3. The van der Waals surface area contributed by atoms with E-state index in [1.54, 1.807) is 30.3 Å². The van der Waals surface area contributed by atoms with Gasteiger partial charge < -0.3 is 15.4 Å². The SMILES string of the molecule is O=C(NC1=CC=C(F)CC1)C1(C(=O)Nc2ccc(OCc3ccccc3)cc2)CC1. The van der Waals surface area contributed by atoms with Crippen molar-refractivity contribution in [2.24, 2.45) is 5.41 Å². The highest BCUT2D eigenvalue weighted by Crippen LogP contribution is 2.47. The van der Waals surface area contributed by atoms with Gasteiger partial charge in [-0.15, -0.1) is 0 Å². The van der Waals surface area contributed by atoms with E-state index in [1.807, 2.05) is 30.3 Å². The number of anilines is 1. The van der Waals surface area contributed by atoms with Crippen LogP contribution < -0.4 is 15.4 Å². The van der Waals surface area contributed by atoms with Gasteiger partial charge >= 0.3 is 0 Å². The molecule has 2 aromatic rings. The van der Waals surface area contributed by atoms with Crippen LogP contribution >= 0.6 is 0 Å². The lowest BCUT2D eigenvalue weighted by Crippen LogP contribution is -2.39. The molecule has 1 fully saturated rings. The fraction of sp³-hybridized carbons (Fsp3) is 0.250. The maximum absolute atomic E-state index is 13.1. The zero-order chi connectivity index (χ0) is 21.0. The average Bonchev–Trinajstić information content (AvgIpc) is 3.58. The normalized spacial score (nSPS) is 16.7. The Morgan fingerprint density at radius 3 is 2.23 bits per heavy atom. The van der Waals surface area contributed by atoms with Gasteiger partial charge in [0.15, 0.2) is 0 Å². The van der Waals surface area contributed by atoms with E-state index in [4.69, 9.17) is 4.74 Å². The Kier molecular flexibility index (Phi) is 5.65. The van der Waals surface area contributed by atoms with Crippen LogP contribution in [-0.4, -0.2) is 11.8 Å². The number of ether oxygens (including phenoxy) is 1. The largest absolute Gasteiger partial charge is 0.489 e. The third-order valence-corrected chi connectivity index (χ3v) is 5.35. The minimum atomic E-state index is -1.05. The lowest BCUT2D eigenvalue weighted by Gasteiger charge is -2.18. The number of amides is 2. The summed E-state index contributed by atoms with van der Waals surface area (Å²) < 4.78 is 18.9. The number of nitrogens with one attached hydrogen (secondary N) is 2. The lowest BCUT2D eigenvalue weighted by molar-refractivity contribution is -0.133. The maximum atomic E-state index is 13.1. The molecule has 4 rings (SSSR count). The molecule has 1 saturated carbocycles. The molecule has 6 heteroatoms. The molecule has 0 unspecified atom stereocenters. The Bertz CT molecular complexity index is 993. The van der Waals surface area contributed by atoms with Crippen LogP contribution in [0.2, 0.25) is 0 Å². The number of carbonyl (C=O) groups excluding carboxylic acids is 2. The highest BCUT2D eigenvalue weighted by atomic mass is 19.1. The molecule has 0 spiro atoms. The Hall–Kier alpha value is -3.41. The molecule has 0 saturated heterocycles. The van der Waals surface area contributed by atoms with Gasteiger partial charge in [0.1, 0.15) is 23.6 Å². The first-order chi connectivity index (χ1) is 14.5. The second-order valence-electron chi connectivity index (χ2n) is 7.59. The predicted octanol–water partition coefficient (Wildman–Crippen LogP) is 4.63. The van der Waals surface area contributed by atoms with Crippen LogP contribution in [0.1, 0.15) is 31.2 Å². The summed E-state index contributed by atoms with van der Waals surface area (Å²) >= 11 is 0. The zero-order valence-corrected chi connectivity index (χ0v) is 16.5. The molecule has 0 radical (unpaired) electrons. The fourth-order valence-electron chi connectivity index (χ4n) is 3.29. The molecule has 2 aromatic carbocycles. The molecule has 2 aliphatic carbocycles. The molecule has 154 valence electrons. The quantitative estimate of drug-likeness (QED) is 0.659. The predicted molar refractivity (Wildman–Crippen MR) is 112 cm³/mol. The first-order valence-electron chi connectivity index (χ1n) is 10.0. The second kappa shape index (κ2) is 8.53. The summed E-state index contributed by atoms with van der Waals surface area (Å²) in [5.74, 6) is -0.163. The fourth-order valence-corrected chi connectivity index (χ4v) is 3.29. The number of hydrogen-bond acceptors (Lipinski definition) is 3. The summed E-state index contributed by atoms with van der Waals surface area (Å²) in [6.07, 6.45) is 4.60. The van der Waals surface area contributed by atoms with Crippen molar-refractivity contribution in [3.8, 4) is 5.75 Å². The smallest absolute Gasteiger partial charge is 0.240 e. The van der Waals surface area contributed by atoms with Crippen molar-refractivity contribution >= 4 is 17.5 Å². The van der Waals surface area contributed by atoms with Gasteiger partial charge in [-0.05, 0) is 61.2 Å². The lowest BCUT2D eigenvalue weighted by atomic mass is 10.0. The third kappa shape index (κ3) is 4.59. The van der Waals surface area contributed by atoms with Crippen LogP contribution in [0, 0.1) is 5.41 Å². The Labute approximate surface area is 174 Å². The summed E-state index contributed by atoms with van der Waals surface area (Å²) in [4.78, 5) is 25.4. The first-order valence-corrected chi connectivity index (χ1v) is 10.0. The molecule has 5 nitrogen and oxygen atoms in total. The van der Waals surface area contributed by atoms with Crippen molar-refractivity contribution in [3.63, 3.8) is 0 Å². The summed E-state index contributed by atoms with van der Waals surface area (Å²) in [5, 5.41) is 5.60. The van der Waals surface area contributed by atoms with E-state index in [1.165, 1.54) is 6.08 Å². The number of carbonyl (C=O) groups is 2. The van der Waals surface area contributed by atoms with Crippen molar-refractivity contribution in [1.29, 1.82) is 0 Å². The van der Waals surface area contributed by atoms with Crippen LogP contribution in [0.25, 0.3) is 0 Å². The molecule has 0 aliphatic heterocycles. The molecule has 2 amide bonds. The number of allylic oxidation sites excluding steroid dienone is 4. The van der Waals surface area contributed by atoms with Gasteiger partial charge in [-0.3, -0.25) is 9.59 Å². The highest BCUT2D eigenvalue weighted by Gasteiger charge is 2.56. The molecule has 0 heterocycles. The Morgan fingerprint density at radius 2 is 1.60 bits per heavy atom. The van der Waals surface area contributed by atoms with Crippen LogP contribution in [0.15, 0.2) is 78.3 Å². The van der Waals surface area contributed by atoms with E-state index >= 15 is 0 Å². The molecule has 2 N–H and O–H groups in total. The molecule has 0 atom stereocenters. The number of rotatable bonds is 7. The summed E-state index contributed by atoms with van der Waals surface area (Å²) in [5.41, 5.74) is 1.26. The van der Waals surface area contributed by atoms with Crippen LogP contribution in [0.4, 0.5) is 10.1 Å². The van der Waals surface area contributed by atoms with Crippen molar-refractivity contribution in [3.05, 3.63) is 83.8 Å². The number of halogens is 1. The van der Waals surface area contributed by atoms with Crippen LogP contribution in [0.5, 0.6) is 5.75 Å². The van der Waals surface area contributed by atoms with Gasteiger partial charge in [0, 0.05) is 17.8 Å². The summed E-state index contributed by atoms with van der Waals surface area (Å²) in [7, 11) is 0. The summed E-state index contributed by atoms with van der Waals surface area (Å²) in [6.45, 7) is 0.463. The minimum absolute atomic E-state index is 0.205. The monoisotopic (exact) mass is 406 g/mol. The van der Waals surface area contributed by atoms with E-state index in [-0.39, 0.29) is 24.1 Å². The van der Waals surface area contributed by atoms with E-state index in [0.717, 1.165) is 5.56 Å². The average molecular weight is 406 g/mol. The van der Waals surface area contributed by atoms with Gasteiger partial charge in [-0.25, -0.2) is 4.39 Å². The Balaban J connectivity index is 1.32. The standard InChI is InChI=1S/C24H23FN2O3/c25-18-6-8-19(9-7-18)26-22(28)24(14-15-24)23(29)27-20-10-12-21(13-11-20)30-16-17-4-2-1-3-5-17/h1-6,8,10-13H,7,9,14-16H2,(H,26,28)(H,27,29). The minimum Gasteiger partial charge on any atom is -0.489 e. The van der Waals surface area contributed by atoms with Gasteiger partial charge in [-0.2, -0.15) is 0 Å². The highest BCUT2D eigenvalue weighted by molar-refractivity contribution is 6.13. The molecular weight excluding hydrogens is 383 g/mol. The number of hydrogen-bond donors (Lipinski definition) is 2. The van der Waals surface area contributed by atoms with E-state index < -0.39 is 5.41 Å². The van der Waals surface area contributed by atoms with E-state index in [9.17, 15) is 14.0 Å². The van der Waals surface area contributed by atoms with Gasteiger partial charge in [0.25, 0.3) is 0 Å². The van der Waals surface area contributed by atoms with E-state index in [2.05, 4.69) is 10.6 Å². The second-order valence-corrected chi connectivity index (χ2v) is 7.59. The zero-order valence-electron chi connectivity index (χ0n) is 16.5. The van der Waals surface area contributed by atoms with Gasteiger partial charge in [-0.1, -0.05) is 30.3 Å². The molecule has 2 aliphatic rings. The molecule has 0 bridgehead atoms. The van der Waals surface area contributed by atoms with Crippen molar-refractivity contribution in [2.45, 2.75) is 32.3 Å². The first kappa shape index (κ1) is 19.9. The van der Waals surface area contributed by atoms with Crippen LogP contribution in [-0.2, 0) is 16.2 Å². The molecule has 30 heavy (non-hydrogen) atoms. The maximum Gasteiger partial charge on any atom is 0.240 e. The van der Waals surface area contributed by atoms with Crippen molar-refractivity contribution in [2.75, 3.05) is 5.32 Å². The third-order valence-electron chi connectivity index (χ3n) is 5.35. The number of benzene rings is 2. The van der Waals surface area contributed by atoms with Crippen molar-refractivity contribution in [1.82, 2.24) is 5.32 Å². The van der Waals surface area contributed by atoms with Gasteiger partial charge in [0.05, 0.1) is 0 Å². The Morgan fingerprint density at radius 1 is 0.900 bits per heavy atom. The van der Waals surface area contributed by atoms with Crippen LogP contribution in [0.3, 0.4) is 0 Å². The topological polar surface area (TPSA) is 67.4 Å². The van der Waals surface area contributed by atoms with E-state index in [0.29, 0.717) is 43.0 Å². The summed E-state index contributed by atoms with van der Waals surface area (Å²) in [6, 6.07) is 16.9. The molecule has 0 aromatic heterocycles.